The van der Waals surface area contributed by atoms with Gasteiger partial charge in [-0.25, -0.2) is 0 Å². The van der Waals surface area contributed by atoms with Gasteiger partial charge in [-0.3, -0.25) is 0 Å². The summed E-state index contributed by atoms with van der Waals surface area (Å²) >= 11 is 0. The zero-order valence-corrected chi connectivity index (χ0v) is 8.23. The smallest absolute Gasteiger partial charge is 0.115 e. The Labute approximate surface area is 83.7 Å². The first-order valence-corrected chi connectivity index (χ1v) is 4.82. The predicted octanol–water partition coefficient (Wildman–Crippen LogP) is 1.30. The van der Waals surface area contributed by atoms with E-state index in [-0.39, 0.29) is 0 Å². The van der Waals surface area contributed by atoms with E-state index in [2.05, 4.69) is 5.32 Å². The van der Waals surface area contributed by atoms with Crippen LogP contribution in [0, 0.1) is 5.92 Å². The summed E-state index contributed by atoms with van der Waals surface area (Å²) in [4.78, 5) is 0. The normalized spacial score (nSPS) is 25.8. The number of phenolic OH excluding ortho intramolecular Hbond substituents is 1. The standard InChI is InChI=1S/C11H15NO2/c1-14-7-9-6-12-11(9)8-3-2-4-10(13)5-8/h2-5,9,11-13H,6-7H2,1H3. The molecule has 1 heterocycles. The van der Waals surface area contributed by atoms with Crippen molar-refractivity contribution in [2.24, 2.45) is 5.92 Å². The lowest BCUT2D eigenvalue weighted by molar-refractivity contribution is 0.0882. The largest absolute Gasteiger partial charge is 0.508 e. The number of hydrogen-bond donors (Lipinski definition) is 2. The molecule has 1 fully saturated rings. The van der Waals surface area contributed by atoms with Gasteiger partial charge in [-0.1, -0.05) is 12.1 Å². The summed E-state index contributed by atoms with van der Waals surface area (Å²) in [5, 5.41) is 12.7. The van der Waals surface area contributed by atoms with Crippen molar-refractivity contribution in [2.75, 3.05) is 20.3 Å². The number of nitrogens with one attached hydrogen (secondary N) is 1. The van der Waals surface area contributed by atoms with Gasteiger partial charge in [0.25, 0.3) is 0 Å². The van der Waals surface area contributed by atoms with Crippen LogP contribution in [0.1, 0.15) is 11.6 Å². The monoisotopic (exact) mass is 193 g/mol. The predicted molar refractivity (Wildman–Crippen MR) is 54.2 cm³/mol. The van der Waals surface area contributed by atoms with Crippen LogP contribution in [0.4, 0.5) is 0 Å². The fraction of sp³-hybridized carbons (Fsp3) is 0.455. The summed E-state index contributed by atoms with van der Waals surface area (Å²) < 4.78 is 5.13. The second-order valence-electron chi connectivity index (χ2n) is 3.70. The summed E-state index contributed by atoms with van der Waals surface area (Å²) in [6.45, 7) is 1.77. The molecule has 2 N–H and O–H groups in total. The fourth-order valence-electron chi connectivity index (χ4n) is 1.88. The highest BCUT2D eigenvalue weighted by Crippen LogP contribution is 2.30. The van der Waals surface area contributed by atoms with E-state index in [1.54, 1.807) is 19.2 Å². The zero-order valence-electron chi connectivity index (χ0n) is 8.23. The molecule has 0 saturated carbocycles. The average molecular weight is 193 g/mol. The Morgan fingerprint density at radius 1 is 1.57 bits per heavy atom. The third-order valence-electron chi connectivity index (χ3n) is 2.68. The molecule has 14 heavy (non-hydrogen) atoms. The van der Waals surface area contributed by atoms with Gasteiger partial charge in [-0.15, -0.1) is 0 Å². The molecule has 0 aromatic heterocycles. The molecule has 2 atom stereocenters. The molecule has 2 rings (SSSR count). The molecule has 76 valence electrons. The van der Waals surface area contributed by atoms with Crippen molar-refractivity contribution in [2.45, 2.75) is 6.04 Å². The van der Waals surface area contributed by atoms with Crippen LogP contribution >= 0.6 is 0 Å². The van der Waals surface area contributed by atoms with Gasteiger partial charge in [0.1, 0.15) is 5.75 Å². The van der Waals surface area contributed by atoms with E-state index in [0.29, 0.717) is 17.7 Å². The Balaban J connectivity index is 2.08. The zero-order chi connectivity index (χ0) is 9.97. The van der Waals surface area contributed by atoms with E-state index in [0.717, 1.165) is 18.7 Å². The quantitative estimate of drug-likeness (QED) is 0.760. The first kappa shape index (κ1) is 9.49. The summed E-state index contributed by atoms with van der Waals surface area (Å²) in [5.74, 6) is 0.856. The lowest BCUT2D eigenvalue weighted by atomic mass is 9.86. The summed E-state index contributed by atoms with van der Waals surface area (Å²) in [6, 6.07) is 7.72. The minimum absolute atomic E-state index is 0.326. The van der Waals surface area contributed by atoms with Crippen molar-refractivity contribution >= 4 is 0 Å². The van der Waals surface area contributed by atoms with E-state index in [4.69, 9.17) is 4.74 Å². The van der Waals surface area contributed by atoms with Crippen LogP contribution in [-0.2, 0) is 4.74 Å². The number of benzene rings is 1. The van der Waals surface area contributed by atoms with Crippen molar-refractivity contribution in [1.82, 2.24) is 5.32 Å². The highest BCUT2D eigenvalue weighted by atomic mass is 16.5. The highest BCUT2D eigenvalue weighted by Gasteiger charge is 2.31. The minimum Gasteiger partial charge on any atom is -0.508 e. The van der Waals surface area contributed by atoms with Crippen LogP contribution in [0.15, 0.2) is 24.3 Å². The van der Waals surface area contributed by atoms with Crippen molar-refractivity contribution in [3.05, 3.63) is 29.8 Å². The van der Waals surface area contributed by atoms with Crippen molar-refractivity contribution in [1.29, 1.82) is 0 Å². The molecule has 0 bridgehead atoms. The van der Waals surface area contributed by atoms with Crippen LogP contribution in [-0.4, -0.2) is 25.4 Å². The van der Waals surface area contributed by atoms with Gasteiger partial charge in [-0.2, -0.15) is 0 Å². The molecule has 0 aliphatic carbocycles. The summed E-state index contributed by atoms with van der Waals surface area (Å²) in [5.41, 5.74) is 1.14. The molecule has 0 amide bonds. The topological polar surface area (TPSA) is 41.5 Å². The van der Waals surface area contributed by atoms with Crippen molar-refractivity contribution < 1.29 is 9.84 Å². The molecule has 0 radical (unpaired) electrons. The number of hydrogen-bond acceptors (Lipinski definition) is 3. The Kier molecular flexibility index (Phi) is 2.70. The number of aromatic hydroxyl groups is 1. The van der Waals surface area contributed by atoms with Gasteiger partial charge in [0.2, 0.25) is 0 Å². The maximum Gasteiger partial charge on any atom is 0.115 e. The minimum atomic E-state index is 0.326. The Bertz CT molecular complexity index is 314. The molecule has 1 aromatic carbocycles. The molecule has 2 unspecified atom stereocenters. The van der Waals surface area contributed by atoms with E-state index in [1.165, 1.54) is 0 Å². The Morgan fingerprint density at radius 2 is 2.43 bits per heavy atom. The summed E-state index contributed by atoms with van der Waals surface area (Å²) in [7, 11) is 1.72. The van der Waals surface area contributed by atoms with Crippen LogP contribution in [0.5, 0.6) is 5.75 Å². The van der Waals surface area contributed by atoms with Crippen LogP contribution in [0.25, 0.3) is 0 Å². The van der Waals surface area contributed by atoms with Crippen LogP contribution in [0.2, 0.25) is 0 Å². The summed E-state index contributed by atoms with van der Waals surface area (Å²) in [6.07, 6.45) is 0. The van der Waals surface area contributed by atoms with Gasteiger partial charge >= 0.3 is 0 Å². The number of methoxy groups -OCH3 is 1. The molecule has 3 nitrogen and oxygen atoms in total. The Morgan fingerprint density at radius 3 is 3.00 bits per heavy atom. The third-order valence-corrected chi connectivity index (χ3v) is 2.68. The Hall–Kier alpha value is -1.06. The molecule has 1 aliphatic rings. The van der Waals surface area contributed by atoms with E-state index >= 15 is 0 Å². The lowest BCUT2D eigenvalue weighted by Crippen LogP contribution is -2.47. The van der Waals surface area contributed by atoms with Gasteiger partial charge in [0.15, 0.2) is 0 Å². The first-order valence-electron chi connectivity index (χ1n) is 4.82. The third kappa shape index (κ3) is 1.74. The fourth-order valence-corrected chi connectivity index (χ4v) is 1.88. The molecule has 1 saturated heterocycles. The number of phenols is 1. The maximum atomic E-state index is 9.34. The molecule has 3 heteroatoms. The second-order valence-corrected chi connectivity index (χ2v) is 3.70. The van der Waals surface area contributed by atoms with E-state index < -0.39 is 0 Å². The van der Waals surface area contributed by atoms with Gasteiger partial charge < -0.3 is 15.2 Å². The SMILES string of the molecule is COCC1CNC1c1cccc(O)c1. The average Bonchev–Trinajstić information content (AvgIpc) is 2.12. The van der Waals surface area contributed by atoms with Crippen molar-refractivity contribution in [3.63, 3.8) is 0 Å². The molecule has 1 aromatic rings. The van der Waals surface area contributed by atoms with Gasteiger partial charge in [0.05, 0.1) is 6.61 Å². The van der Waals surface area contributed by atoms with Crippen molar-refractivity contribution in [3.8, 4) is 5.75 Å². The van der Waals surface area contributed by atoms with E-state index in [1.807, 2.05) is 12.1 Å². The number of ether oxygens (including phenoxy) is 1. The first-order chi connectivity index (χ1) is 6.81. The molecular formula is C11H15NO2. The lowest BCUT2D eigenvalue weighted by Gasteiger charge is -2.38. The highest BCUT2D eigenvalue weighted by molar-refractivity contribution is 5.31. The van der Waals surface area contributed by atoms with Gasteiger partial charge in [-0.05, 0) is 17.7 Å². The van der Waals surface area contributed by atoms with Crippen LogP contribution < -0.4 is 5.32 Å². The maximum absolute atomic E-state index is 9.34. The second kappa shape index (κ2) is 3.98. The molecule has 0 spiro atoms. The number of rotatable bonds is 3. The molecule has 1 aliphatic heterocycles. The van der Waals surface area contributed by atoms with Crippen LogP contribution in [0.3, 0.4) is 0 Å². The van der Waals surface area contributed by atoms with E-state index in [9.17, 15) is 5.11 Å². The van der Waals surface area contributed by atoms with Gasteiger partial charge in [0, 0.05) is 25.6 Å². The molecular weight excluding hydrogens is 178 g/mol.